The third-order valence-electron chi connectivity index (χ3n) is 4.56. The van der Waals surface area contributed by atoms with E-state index >= 15 is 0 Å². The summed E-state index contributed by atoms with van der Waals surface area (Å²) in [6.45, 7) is 2.14. The Hall–Kier alpha value is -2.40. The fourth-order valence-electron chi connectivity index (χ4n) is 3.42. The Morgan fingerprint density at radius 3 is 2.74 bits per heavy atom. The molecule has 118 valence electrons. The van der Waals surface area contributed by atoms with Crippen molar-refractivity contribution in [1.82, 2.24) is 24.5 Å². The number of nitrogens with zero attached hydrogens (tertiary/aromatic N) is 5. The van der Waals surface area contributed by atoms with Gasteiger partial charge in [-0.3, -0.25) is 9.58 Å². The molecule has 1 aliphatic heterocycles. The van der Waals surface area contributed by atoms with Crippen LogP contribution in [0.1, 0.15) is 30.0 Å². The number of aromatic nitrogens is 4. The fraction of sp³-hybridized carbons (Fsp3) is 0.333. The molecule has 0 spiro atoms. The van der Waals surface area contributed by atoms with Crippen molar-refractivity contribution in [2.75, 3.05) is 6.54 Å². The molecule has 5 nitrogen and oxygen atoms in total. The number of aryl methyl sites for hydroxylation is 1. The molecule has 0 aliphatic carbocycles. The second kappa shape index (κ2) is 6.01. The first kappa shape index (κ1) is 14.2. The van der Waals surface area contributed by atoms with E-state index in [1.165, 1.54) is 24.0 Å². The lowest BCUT2D eigenvalue weighted by Gasteiger charge is -2.23. The van der Waals surface area contributed by atoms with Gasteiger partial charge in [0, 0.05) is 43.8 Å². The molecule has 0 radical (unpaired) electrons. The first-order valence-corrected chi connectivity index (χ1v) is 8.11. The second-order valence-corrected chi connectivity index (χ2v) is 6.19. The van der Waals surface area contributed by atoms with Gasteiger partial charge in [0.25, 0.3) is 0 Å². The minimum Gasteiger partial charge on any atom is -0.292 e. The third-order valence-corrected chi connectivity index (χ3v) is 4.56. The van der Waals surface area contributed by atoms with Crippen LogP contribution >= 0.6 is 0 Å². The molecule has 1 saturated heterocycles. The van der Waals surface area contributed by atoms with Crippen molar-refractivity contribution in [2.45, 2.75) is 25.4 Å². The zero-order valence-corrected chi connectivity index (χ0v) is 13.3. The Morgan fingerprint density at radius 2 is 2.04 bits per heavy atom. The quantitative estimate of drug-likeness (QED) is 0.744. The molecule has 0 unspecified atom stereocenters. The number of likely N-dealkylation sites (tertiary alicyclic amines) is 1. The summed E-state index contributed by atoms with van der Waals surface area (Å²) in [5, 5.41) is 8.59. The molecule has 3 heterocycles. The van der Waals surface area contributed by atoms with Gasteiger partial charge < -0.3 is 0 Å². The Morgan fingerprint density at radius 1 is 1.17 bits per heavy atom. The topological polar surface area (TPSA) is 38.9 Å². The largest absolute Gasteiger partial charge is 0.292 e. The van der Waals surface area contributed by atoms with E-state index in [4.69, 9.17) is 0 Å². The Kier molecular flexibility index (Phi) is 3.71. The highest BCUT2D eigenvalue weighted by atomic mass is 15.3. The van der Waals surface area contributed by atoms with E-state index in [1.54, 1.807) is 6.20 Å². The maximum absolute atomic E-state index is 4.32. The van der Waals surface area contributed by atoms with Crippen molar-refractivity contribution in [3.8, 4) is 5.69 Å². The molecule has 0 N–H and O–H groups in total. The maximum Gasteiger partial charge on any atom is 0.0645 e. The average Bonchev–Trinajstić information content (AvgIpc) is 3.29. The van der Waals surface area contributed by atoms with Crippen LogP contribution in [0.5, 0.6) is 0 Å². The van der Waals surface area contributed by atoms with Crippen molar-refractivity contribution in [3.63, 3.8) is 0 Å². The molecule has 0 amide bonds. The number of hydrogen-bond donors (Lipinski definition) is 0. The SMILES string of the molecule is Cn1cc([C@@H]2CCCN2Cc2ccc(-n3cccn3)cc2)cn1. The molecule has 1 fully saturated rings. The van der Waals surface area contributed by atoms with Crippen molar-refractivity contribution in [2.24, 2.45) is 7.05 Å². The van der Waals surface area contributed by atoms with Gasteiger partial charge in [-0.15, -0.1) is 0 Å². The van der Waals surface area contributed by atoms with Gasteiger partial charge in [-0.25, -0.2) is 4.68 Å². The van der Waals surface area contributed by atoms with E-state index in [-0.39, 0.29) is 0 Å². The lowest BCUT2D eigenvalue weighted by molar-refractivity contribution is 0.248. The minimum atomic E-state index is 0.495. The Balaban J connectivity index is 1.49. The maximum atomic E-state index is 4.32. The highest BCUT2D eigenvalue weighted by Gasteiger charge is 2.26. The summed E-state index contributed by atoms with van der Waals surface area (Å²) in [4.78, 5) is 2.56. The van der Waals surface area contributed by atoms with Gasteiger partial charge in [-0.2, -0.15) is 10.2 Å². The number of hydrogen-bond acceptors (Lipinski definition) is 3. The summed E-state index contributed by atoms with van der Waals surface area (Å²) >= 11 is 0. The summed E-state index contributed by atoms with van der Waals surface area (Å²) in [7, 11) is 1.98. The van der Waals surface area contributed by atoms with E-state index in [0.717, 1.165) is 18.8 Å². The van der Waals surface area contributed by atoms with Gasteiger partial charge in [-0.1, -0.05) is 12.1 Å². The van der Waals surface area contributed by atoms with Gasteiger partial charge in [0.2, 0.25) is 0 Å². The van der Waals surface area contributed by atoms with E-state index in [1.807, 2.05) is 34.9 Å². The van der Waals surface area contributed by atoms with Crippen LogP contribution in [0.15, 0.2) is 55.1 Å². The van der Waals surface area contributed by atoms with Crippen molar-refractivity contribution in [3.05, 3.63) is 66.2 Å². The molecular weight excluding hydrogens is 286 g/mol. The highest BCUT2D eigenvalue weighted by molar-refractivity contribution is 5.33. The van der Waals surface area contributed by atoms with E-state index in [2.05, 4.69) is 45.6 Å². The van der Waals surface area contributed by atoms with Crippen molar-refractivity contribution < 1.29 is 0 Å². The van der Waals surface area contributed by atoms with Gasteiger partial charge >= 0.3 is 0 Å². The molecule has 1 atom stereocenters. The van der Waals surface area contributed by atoms with Crippen LogP contribution < -0.4 is 0 Å². The molecule has 1 aliphatic rings. The zero-order chi connectivity index (χ0) is 15.6. The number of benzene rings is 1. The first-order valence-electron chi connectivity index (χ1n) is 8.11. The van der Waals surface area contributed by atoms with Gasteiger partial charge in [0.1, 0.15) is 0 Å². The molecular formula is C18H21N5. The standard InChI is InChI=1S/C18H21N5/c1-21-14-16(12-20-21)18-4-2-10-22(18)13-15-5-7-17(8-6-15)23-11-3-9-19-23/h3,5-9,11-12,14,18H,2,4,10,13H2,1H3/t18-/m0/s1. The molecule has 0 saturated carbocycles. The fourth-order valence-corrected chi connectivity index (χ4v) is 3.42. The first-order chi connectivity index (χ1) is 11.3. The Labute approximate surface area is 136 Å². The normalized spacial score (nSPS) is 18.6. The molecule has 3 aromatic rings. The highest BCUT2D eigenvalue weighted by Crippen LogP contribution is 2.32. The predicted molar refractivity (Wildman–Crippen MR) is 89.2 cm³/mol. The van der Waals surface area contributed by atoms with E-state index < -0.39 is 0 Å². The average molecular weight is 307 g/mol. The Bertz CT molecular complexity index is 757. The van der Waals surface area contributed by atoms with E-state index in [9.17, 15) is 0 Å². The smallest absolute Gasteiger partial charge is 0.0645 e. The summed E-state index contributed by atoms with van der Waals surface area (Å²) in [5.74, 6) is 0. The molecule has 23 heavy (non-hydrogen) atoms. The van der Waals surface area contributed by atoms with Gasteiger partial charge in [0.15, 0.2) is 0 Å². The number of rotatable bonds is 4. The lowest BCUT2D eigenvalue weighted by Crippen LogP contribution is -2.22. The van der Waals surface area contributed by atoms with Crippen LogP contribution in [0.2, 0.25) is 0 Å². The summed E-state index contributed by atoms with van der Waals surface area (Å²) in [6, 6.07) is 11.1. The van der Waals surface area contributed by atoms with Crippen LogP contribution in [-0.2, 0) is 13.6 Å². The lowest BCUT2D eigenvalue weighted by atomic mass is 10.1. The van der Waals surface area contributed by atoms with Crippen molar-refractivity contribution in [1.29, 1.82) is 0 Å². The zero-order valence-electron chi connectivity index (χ0n) is 13.3. The molecule has 5 heteroatoms. The summed E-state index contributed by atoms with van der Waals surface area (Å²) < 4.78 is 3.78. The van der Waals surface area contributed by atoms with Gasteiger partial charge in [-0.05, 0) is 43.1 Å². The van der Waals surface area contributed by atoms with Crippen molar-refractivity contribution >= 4 is 0 Å². The third kappa shape index (κ3) is 2.92. The van der Waals surface area contributed by atoms with Crippen LogP contribution in [-0.4, -0.2) is 31.0 Å². The molecule has 2 aromatic heterocycles. The second-order valence-electron chi connectivity index (χ2n) is 6.19. The molecule has 1 aromatic carbocycles. The van der Waals surface area contributed by atoms with Crippen LogP contribution in [0.25, 0.3) is 5.69 Å². The van der Waals surface area contributed by atoms with Crippen LogP contribution in [0, 0.1) is 0 Å². The van der Waals surface area contributed by atoms with Crippen LogP contribution in [0.4, 0.5) is 0 Å². The minimum absolute atomic E-state index is 0.495. The van der Waals surface area contributed by atoms with Crippen LogP contribution in [0.3, 0.4) is 0 Å². The summed E-state index contributed by atoms with van der Waals surface area (Å²) in [5.41, 5.74) is 3.78. The predicted octanol–water partition coefficient (Wildman–Crippen LogP) is 2.94. The molecule has 0 bridgehead atoms. The van der Waals surface area contributed by atoms with E-state index in [0.29, 0.717) is 6.04 Å². The molecule has 4 rings (SSSR count). The summed E-state index contributed by atoms with van der Waals surface area (Å²) in [6.07, 6.45) is 10.4. The van der Waals surface area contributed by atoms with Gasteiger partial charge in [0.05, 0.1) is 11.9 Å². The monoisotopic (exact) mass is 307 g/mol.